The summed E-state index contributed by atoms with van der Waals surface area (Å²) in [6.45, 7) is 2.22. The van der Waals surface area contributed by atoms with Crippen LogP contribution in [0.5, 0.6) is 0 Å². The fraction of sp³-hybridized carbons (Fsp3) is 0.278. The lowest BCUT2D eigenvalue weighted by atomic mass is 9.96. The molecule has 0 saturated carbocycles. The molecule has 3 nitrogen and oxygen atoms in total. The lowest BCUT2D eigenvalue weighted by molar-refractivity contribution is 0.293. The van der Waals surface area contributed by atoms with Crippen LogP contribution in [0.2, 0.25) is 0 Å². The molecule has 0 fully saturated rings. The van der Waals surface area contributed by atoms with E-state index in [1.165, 1.54) is 10.9 Å². The standard InChI is InChI=1S/C18H20BrN3/c1-4-15(22(2)3)16-13(19)10-11-14-17(16)18(21-20-14)12-8-6-5-7-9-12/h5-11,15H,4H2,1-3H3,(H,20,21). The molecule has 1 aromatic heterocycles. The van der Waals surface area contributed by atoms with Crippen LogP contribution >= 0.6 is 15.9 Å². The van der Waals surface area contributed by atoms with Crippen molar-refractivity contribution < 1.29 is 0 Å². The van der Waals surface area contributed by atoms with Crippen molar-refractivity contribution in [2.45, 2.75) is 19.4 Å². The second kappa shape index (κ2) is 6.23. The summed E-state index contributed by atoms with van der Waals surface area (Å²) in [5.74, 6) is 0. The Morgan fingerprint density at radius 1 is 1.14 bits per heavy atom. The molecule has 1 unspecified atom stereocenters. The zero-order valence-electron chi connectivity index (χ0n) is 13.1. The van der Waals surface area contributed by atoms with Gasteiger partial charge in [-0.25, -0.2) is 0 Å². The number of nitrogens with one attached hydrogen (secondary N) is 1. The number of fused-ring (bicyclic) bond motifs is 1. The van der Waals surface area contributed by atoms with Gasteiger partial charge < -0.3 is 4.90 Å². The first-order valence-corrected chi connectivity index (χ1v) is 8.31. The Morgan fingerprint density at radius 3 is 2.50 bits per heavy atom. The highest BCUT2D eigenvalue weighted by molar-refractivity contribution is 9.10. The smallest absolute Gasteiger partial charge is 0.100 e. The van der Waals surface area contributed by atoms with Crippen LogP contribution in [0.1, 0.15) is 24.9 Å². The molecule has 3 aromatic rings. The summed E-state index contributed by atoms with van der Waals surface area (Å²) in [7, 11) is 4.25. The summed E-state index contributed by atoms with van der Waals surface area (Å²) in [6.07, 6.45) is 1.05. The quantitative estimate of drug-likeness (QED) is 0.711. The second-order valence-corrected chi connectivity index (χ2v) is 6.56. The molecule has 0 aliphatic rings. The SMILES string of the molecule is CCC(c1c(Br)ccc2[nH]nc(-c3ccccc3)c12)N(C)C. The lowest BCUT2D eigenvalue weighted by Crippen LogP contribution is -2.19. The fourth-order valence-corrected chi connectivity index (χ4v) is 3.67. The first-order valence-electron chi connectivity index (χ1n) is 7.51. The zero-order valence-corrected chi connectivity index (χ0v) is 14.7. The highest BCUT2D eigenvalue weighted by Crippen LogP contribution is 2.39. The van der Waals surface area contributed by atoms with Gasteiger partial charge in [-0.2, -0.15) is 5.10 Å². The number of halogens is 1. The van der Waals surface area contributed by atoms with Gasteiger partial charge in [0.1, 0.15) is 5.69 Å². The van der Waals surface area contributed by atoms with Crippen molar-refractivity contribution in [3.63, 3.8) is 0 Å². The normalized spacial score (nSPS) is 13.0. The summed E-state index contributed by atoms with van der Waals surface area (Å²) < 4.78 is 1.14. The number of aromatic nitrogens is 2. The predicted molar refractivity (Wildman–Crippen MR) is 95.9 cm³/mol. The Labute approximate surface area is 139 Å². The van der Waals surface area contributed by atoms with E-state index in [4.69, 9.17) is 0 Å². The van der Waals surface area contributed by atoms with Gasteiger partial charge in [-0.1, -0.05) is 53.2 Å². The number of nitrogens with zero attached hydrogens (tertiary/aromatic N) is 2. The topological polar surface area (TPSA) is 31.9 Å². The molecular weight excluding hydrogens is 338 g/mol. The molecule has 0 aliphatic carbocycles. The van der Waals surface area contributed by atoms with Crippen molar-refractivity contribution in [1.82, 2.24) is 15.1 Å². The Balaban J connectivity index is 2.31. The van der Waals surface area contributed by atoms with Gasteiger partial charge in [0, 0.05) is 21.5 Å². The predicted octanol–water partition coefficient (Wildman–Crippen LogP) is 5.01. The summed E-state index contributed by atoms with van der Waals surface area (Å²) in [6, 6.07) is 14.9. The summed E-state index contributed by atoms with van der Waals surface area (Å²) in [4.78, 5) is 2.27. The van der Waals surface area contributed by atoms with E-state index in [-0.39, 0.29) is 0 Å². The molecule has 22 heavy (non-hydrogen) atoms. The third-order valence-electron chi connectivity index (χ3n) is 4.11. The van der Waals surface area contributed by atoms with Gasteiger partial charge >= 0.3 is 0 Å². The van der Waals surface area contributed by atoms with E-state index < -0.39 is 0 Å². The van der Waals surface area contributed by atoms with Crippen LogP contribution in [0.15, 0.2) is 46.9 Å². The van der Waals surface area contributed by atoms with Crippen molar-refractivity contribution in [3.05, 3.63) is 52.5 Å². The minimum absolute atomic E-state index is 0.345. The van der Waals surface area contributed by atoms with E-state index in [9.17, 15) is 0 Å². The van der Waals surface area contributed by atoms with Crippen LogP contribution in [0.25, 0.3) is 22.2 Å². The summed E-state index contributed by atoms with van der Waals surface area (Å²) in [5.41, 5.74) is 4.55. The van der Waals surface area contributed by atoms with Crippen molar-refractivity contribution in [1.29, 1.82) is 0 Å². The van der Waals surface area contributed by atoms with Crippen LogP contribution < -0.4 is 0 Å². The van der Waals surface area contributed by atoms with E-state index >= 15 is 0 Å². The molecule has 0 aliphatic heterocycles. The summed E-state index contributed by atoms with van der Waals surface area (Å²) >= 11 is 3.75. The first kappa shape index (κ1) is 15.3. The minimum Gasteiger partial charge on any atom is -0.302 e. The highest BCUT2D eigenvalue weighted by Gasteiger charge is 2.22. The number of rotatable bonds is 4. The molecule has 1 heterocycles. The van der Waals surface area contributed by atoms with Crippen LogP contribution in [0, 0.1) is 0 Å². The number of hydrogen-bond acceptors (Lipinski definition) is 2. The van der Waals surface area contributed by atoms with Gasteiger partial charge in [-0.3, -0.25) is 5.10 Å². The maximum atomic E-state index is 4.58. The van der Waals surface area contributed by atoms with E-state index in [1.807, 2.05) is 6.07 Å². The van der Waals surface area contributed by atoms with Gasteiger partial charge in [-0.05, 0) is 38.2 Å². The third-order valence-corrected chi connectivity index (χ3v) is 4.80. The Bertz CT molecular complexity index is 778. The van der Waals surface area contributed by atoms with Crippen LogP contribution in [-0.2, 0) is 0 Å². The van der Waals surface area contributed by atoms with Crippen molar-refractivity contribution in [2.24, 2.45) is 0 Å². The largest absolute Gasteiger partial charge is 0.302 e. The maximum Gasteiger partial charge on any atom is 0.100 e. The molecule has 0 bridgehead atoms. The van der Waals surface area contributed by atoms with Gasteiger partial charge in [-0.15, -0.1) is 0 Å². The van der Waals surface area contributed by atoms with E-state index in [0.29, 0.717) is 6.04 Å². The number of aromatic amines is 1. The van der Waals surface area contributed by atoms with Gasteiger partial charge in [0.15, 0.2) is 0 Å². The zero-order chi connectivity index (χ0) is 15.7. The van der Waals surface area contributed by atoms with Crippen molar-refractivity contribution in [2.75, 3.05) is 14.1 Å². The average Bonchev–Trinajstić information content (AvgIpc) is 2.94. The Kier molecular flexibility index (Phi) is 4.32. The molecule has 4 heteroatoms. The molecule has 114 valence electrons. The van der Waals surface area contributed by atoms with Gasteiger partial charge in [0.25, 0.3) is 0 Å². The molecule has 0 saturated heterocycles. The third kappa shape index (κ3) is 2.57. The van der Waals surface area contributed by atoms with Gasteiger partial charge in [0.05, 0.1) is 5.52 Å². The molecule has 1 atom stereocenters. The Hall–Kier alpha value is -1.65. The van der Waals surface area contributed by atoms with Gasteiger partial charge in [0.2, 0.25) is 0 Å². The number of H-pyrrole nitrogens is 1. The molecule has 0 radical (unpaired) electrons. The van der Waals surface area contributed by atoms with Crippen LogP contribution in [-0.4, -0.2) is 29.2 Å². The lowest BCUT2D eigenvalue weighted by Gasteiger charge is -2.25. The molecule has 0 spiro atoms. The van der Waals surface area contributed by atoms with Crippen LogP contribution in [0.4, 0.5) is 0 Å². The van der Waals surface area contributed by atoms with E-state index in [2.05, 4.69) is 88.4 Å². The van der Waals surface area contributed by atoms with Crippen molar-refractivity contribution >= 4 is 26.8 Å². The molecule has 0 amide bonds. The molecule has 3 rings (SSSR count). The van der Waals surface area contributed by atoms with Crippen molar-refractivity contribution in [3.8, 4) is 11.3 Å². The summed E-state index contributed by atoms with van der Waals surface area (Å²) in [5, 5.41) is 8.97. The van der Waals surface area contributed by atoms with E-state index in [0.717, 1.165) is 27.7 Å². The molecule has 2 aromatic carbocycles. The highest BCUT2D eigenvalue weighted by atomic mass is 79.9. The number of hydrogen-bond donors (Lipinski definition) is 1. The van der Waals surface area contributed by atoms with Crippen LogP contribution in [0.3, 0.4) is 0 Å². The monoisotopic (exact) mass is 357 g/mol. The first-order chi connectivity index (χ1) is 10.6. The minimum atomic E-state index is 0.345. The molecule has 1 N–H and O–H groups in total. The molecular formula is C18H20BrN3. The number of benzene rings is 2. The fourth-order valence-electron chi connectivity index (χ4n) is 3.07. The maximum absolute atomic E-state index is 4.58. The average molecular weight is 358 g/mol. The Morgan fingerprint density at radius 2 is 1.86 bits per heavy atom. The second-order valence-electron chi connectivity index (χ2n) is 5.71. The van der Waals surface area contributed by atoms with E-state index in [1.54, 1.807) is 0 Å².